The van der Waals surface area contributed by atoms with Crippen molar-refractivity contribution < 1.29 is 28.5 Å². The smallest absolute Gasteiger partial charge is 0.349 e. The predicted molar refractivity (Wildman–Crippen MR) is 146 cm³/mol. The van der Waals surface area contributed by atoms with Crippen LogP contribution in [0.1, 0.15) is 43.7 Å². The van der Waals surface area contributed by atoms with Gasteiger partial charge in [0, 0.05) is 16.7 Å². The van der Waals surface area contributed by atoms with Gasteiger partial charge in [0.1, 0.15) is 28.9 Å². The standard InChI is InChI=1S/C30H29ClN2O6/c1-3-5-13-36-25-12-9-19(14-27(25)35-4-2)29-23-11-10-22(16-26(23)39-30(33)24(29)17-32)38-28(34)18-37-21-8-6-7-20(31)15-21/h6-12,14-16,29H,3-5,13,18,33H2,1-2H3. The highest BCUT2D eigenvalue weighted by Crippen LogP contribution is 2.45. The van der Waals surface area contributed by atoms with Crippen molar-refractivity contribution in [2.75, 3.05) is 19.8 Å². The van der Waals surface area contributed by atoms with Gasteiger partial charge in [0.25, 0.3) is 0 Å². The molecular weight excluding hydrogens is 520 g/mol. The number of hydrogen-bond acceptors (Lipinski definition) is 8. The van der Waals surface area contributed by atoms with E-state index in [1.807, 2.05) is 25.1 Å². The second kappa shape index (κ2) is 12.9. The zero-order chi connectivity index (χ0) is 27.8. The number of esters is 1. The molecule has 4 rings (SSSR count). The number of fused-ring (bicyclic) bond motifs is 1. The Morgan fingerprint density at radius 2 is 1.87 bits per heavy atom. The third-order valence-corrected chi connectivity index (χ3v) is 6.17. The summed E-state index contributed by atoms with van der Waals surface area (Å²) in [6.07, 6.45) is 1.95. The summed E-state index contributed by atoms with van der Waals surface area (Å²) in [5.41, 5.74) is 7.90. The molecule has 1 aliphatic rings. The number of carbonyl (C=O) groups is 1. The molecule has 1 unspecified atom stereocenters. The van der Waals surface area contributed by atoms with E-state index in [4.69, 9.17) is 41.0 Å². The lowest BCUT2D eigenvalue weighted by Gasteiger charge is -2.27. The molecule has 0 bridgehead atoms. The monoisotopic (exact) mass is 548 g/mol. The summed E-state index contributed by atoms with van der Waals surface area (Å²) in [5, 5.41) is 10.4. The Hall–Kier alpha value is -4.35. The number of allylic oxidation sites excluding steroid dienone is 1. The molecule has 9 heteroatoms. The number of unbranched alkanes of at least 4 members (excludes halogenated alkanes) is 1. The van der Waals surface area contributed by atoms with Crippen molar-refractivity contribution in [2.24, 2.45) is 5.73 Å². The first-order valence-corrected chi connectivity index (χ1v) is 13.0. The van der Waals surface area contributed by atoms with E-state index in [1.165, 1.54) is 0 Å². The number of ether oxygens (including phenoxy) is 5. The molecule has 3 aromatic rings. The lowest BCUT2D eigenvalue weighted by molar-refractivity contribution is -0.136. The molecule has 3 aromatic carbocycles. The molecule has 0 spiro atoms. The number of rotatable bonds is 11. The molecular formula is C30H29ClN2O6. The maximum Gasteiger partial charge on any atom is 0.349 e. The van der Waals surface area contributed by atoms with E-state index in [9.17, 15) is 10.1 Å². The normalized spacial score (nSPS) is 14.1. The van der Waals surface area contributed by atoms with Crippen LogP contribution in [-0.4, -0.2) is 25.8 Å². The molecule has 202 valence electrons. The van der Waals surface area contributed by atoms with E-state index in [0.29, 0.717) is 46.8 Å². The second-order valence-electron chi connectivity index (χ2n) is 8.69. The highest BCUT2D eigenvalue weighted by molar-refractivity contribution is 6.30. The Kier molecular flexibility index (Phi) is 9.18. The number of carbonyl (C=O) groups excluding carboxylic acids is 1. The molecule has 1 heterocycles. The molecule has 0 aromatic heterocycles. The summed E-state index contributed by atoms with van der Waals surface area (Å²) in [5.74, 6) is 1.14. The van der Waals surface area contributed by atoms with Gasteiger partial charge in [-0.15, -0.1) is 0 Å². The van der Waals surface area contributed by atoms with Crippen LogP contribution in [0.25, 0.3) is 0 Å². The van der Waals surface area contributed by atoms with Crippen LogP contribution in [0.15, 0.2) is 72.1 Å². The summed E-state index contributed by atoms with van der Waals surface area (Å²) in [7, 11) is 0. The zero-order valence-electron chi connectivity index (χ0n) is 21.7. The quantitative estimate of drug-likeness (QED) is 0.173. The summed E-state index contributed by atoms with van der Waals surface area (Å²) < 4.78 is 28.4. The molecule has 8 nitrogen and oxygen atoms in total. The lowest BCUT2D eigenvalue weighted by Crippen LogP contribution is -2.22. The third kappa shape index (κ3) is 6.75. The van der Waals surface area contributed by atoms with Crippen LogP contribution < -0.4 is 29.4 Å². The molecule has 0 amide bonds. The molecule has 1 aliphatic heterocycles. The molecule has 39 heavy (non-hydrogen) atoms. The Morgan fingerprint density at radius 1 is 1.03 bits per heavy atom. The Bertz CT molecular complexity index is 1410. The average Bonchev–Trinajstić information content (AvgIpc) is 2.92. The maximum absolute atomic E-state index is 12.4. The summed E-state index contributed by atoms with van der Waals surface area (Å²) in [4.78, 5) is 12.4. The van der Waals surface area contributed by atoms with Crippen molar-refractivity contribution >= 4 is 17.6 Å². The highest BCUT2D eigenvalue weighted by Gasteiger charge is 2.32. The summed E-state index contributed by atoms with van der Waals surface area (Å²) >= 11 is 5.95. The molecule has 0 radical (unpaired) electrons. The van der Waals surface area contributed by atoms with Crippen molar-refractivity contribution in [3.8, 4) is 34.8 Å². The first kappa shape index (κ1) is 27.7. The number of nitrogens with zero attached hydrogens (tertiary/aromatic N) is 1. The summed E-state index contributed by atoms with van der Waals surface area (Å²) in [6, 6.07) is 19.4. The molecule has 0 saturated heterocycles. The van der Waals surface area contributed by atoms with Gasteiger partial charge in [0.05, 0.1) is 19.1 Å². The van der Waals surface area contributed by atoms with E-state index in [-0.39, 0.29) is 23.8 Å². The van der Waals surface area contributed by atoms with Crippen molar-refractivity contribution in [3.05, 3.63) is 88.3 Å². The van der Waals surface area contributed by atoms with Gasteiger partial charge in [-0.05, 0) is 55.3 Å². The Balaban J connectivity index is 1.57. The van der Waals surface area contributed by atoms with E-state index >= 15 is 0 Å². The number of nitriles is 1. The van der Waals surface area contributed by atoms with Crippen LogP contribution >= 0.6 is 11.6 Å². The Morgan fingerprint density at radius 3 is 2.62 bits per heavy atom. The van der Waals surface area contributed by atoms with Gasteiger partial charge in [-0.25, -0.2) is 4.79 Å². The van der Waals surface area contributed by atoms with E-state index < -0.39 is 11.9 Å². The number of benzene rings is 3. The van der Waals surface area contributed by atoms with Gasteiger partial charge in [0.15, 0.2) is 18.1 Å². The number of nitrogens with two attached hydrogens (primary N) is 1. The minimum absolute atomic E-state index is 0.0241. The predicted octanol–water partition coefficient (Wildman–Crippen LogP) is 6.12. The van der Waals surface area contributed by atoms with Crippen LogP contribution in [0.3, 0.4) is 0 Å². The van der Waals surface area contributed by atoms with Gasteiger partial charge < -0.3 is 29.4 Å². The van der Waals surface area contributed by atoms with Gasteiger partial charge in [0.2, 0.25) is 5.88 Å². The molecule has 0 fully saturated rings. The zero-order valence-corrected chi connectivity index (χ0v) is 22.5. The number of hydrogen-bond donors (Lipinski definition) is 1. The van der Waals surface area contributed by atoms with Crippen LogP contribution in [0.5, 0.6) is 28.7 Å². The fourth-order valence-corrected chi connectivity index (χ4v) is 4.30. The SMILES string of the molecule is CCCCOc1ccc(C2C(C#N)=C(N)Oc3cc(OC(=O)COc4cccc(Cl)c4)ccc32)cc1OCC. The first-order chi connectivity index (χ1) is 18.9. The van der Waals surface area contributed by atoms with Crippen LogP contribution in [0.4, 0.5) is 0 Å². The fraction of sp³-hybridized carbons (Fsp3) is 0.267. The average molecular weight is 549 g/mol. The van der Waals surface area contributed by atoms with E-state index in [1.54, 1.807) is 42.5 Å². The van der Waals surface area contributed by atoms with Crippen molar-refractivity contribution in [3.63, 3.8) is 0 Å². The van der Waals surface area contributed by atoms with Gasteiger partial charge in [-0.2, -0.15) is 5.26 Å². The molecule has 0 saturated carbocycles. The molecule has 1 atom stereocenters. The summed E-state index contributed by atoms with van der Waals surface area (Å²) in [6.45, 7) is 4.72. The van der Waals surface area contributed by atoms with Crippen molar-refractivity contribution in [2.45, 2.75) is 32.6 Å². The number of halogens is 1. The van der Waals surface area contributed by atoms with Gasteiger partial charge >= 0.3 is 5.97 Å². The van der Waals surface area contributed by atoms with E-state index in [0.717, 1.165) is 18.4 Å². The highest BCUT2D eigenvalue weighted by atomic mass is 35.5. The minimum atomic E-state index is -0.608. The fourth-order valence-electron chi connectivity index (χ4n) is 4.12. The second-order valence-corrected chi connectivity index (χ2v) is 9.12. The maximum atomic E-state index is 12.4. The van der Waals surface area contributed by atoms with Crippen molar-refractivity contribution in [1.29, 1.82) is 5.26 Å². The molecule has 0 aliphatic carbocycles. The molecule has 2 N–H and O–H groups in total. The van der Waals surface area contributed by atoms with E-state index in [2.05, 4.69) is 13.0 Å². The topological polar surface area (TPSA) is 113 Å². The van der Waals surface area contributed by atoms with Crippen molar-refractivity contribution in [1.82, 2.24) is 0 Å². The van der Waals surface area contributed by atoms with Gasteiger partial charge in [-0.3, -0.25) is 0 Å². The minimum Gasteiger partial charge on any atom is -0.490 e. The van der Waals surface area contributed by atoms with Gasteiger partial charge in [-0.1, -0.05) is 43.1 Å². The lowest BCUT2D eigenvalue weighted by atomic mass is 9.83. The Labute approximate surface area is 232 Å². The first-order valence-electron chi connectivity index (χ1n) is 12.6. The van der Waals surface area contributed by atoms with Crippen LogP contribution in [0, 0.1) is 11.3 Å². The van der Waals surface area contributed by atoms with Crippen LogP contribution in [-0.2, 0) is 4.79 Å². The largest absolute Gasteiger partial charge is 0.490 e. The third-order valence-electron chi connectivity index (χ3n) is 5.93. The van der Waals surface area contributed by atoms with Crippen LogP contribution in [0.2, 0.25) is 5.02 Å².